The number of H-pyrrole nitrogens is 1. The lowest BCUT2D eigenvalue weighted by Gasteiger charge is -2.11. The number of aromatic amines is 1. The number of nitrogens with one attached hydrogen (secondary N) is 1. The molecule has 1 fully saturated rings. The number of fused-ring (bicyclic) bond motifs is 1. The van der Waals surface area contributed by atoms with Crippen LogP contribution in [0.4, 0.5) is 4.39 Å². The Balaban J connectivity index is 1.91. The average molecular weight is 243 g/mol. The van der Waals surface area contributed by atoms with E-state index in [9.17, 15) is 4.39 Å². The van der Waals surface area contributed by atoms with Gasteiger partial charge in [-0.25, -0.2) is 4.39 Å². The first-order chi connectivity index (χ1) is 8.65. The van der Waals surface area contributed by atoms with E-state index in [0.29, 0.717) is 5.92 Å². The normalized spacial score (nSPS) is 16.1. The Morgan fingerprint density at radius 2 is 2.17 bits per heavy atom. The molecule has 3 rings (SSSR count). The molecule has 0 spiro atoms. The van der Waals surface area contributed by atoms with Crippen molar-refractivity contribution < 1.29 is 4.39 Å². The first-order valence-electron chi connectivity index (χ1n) is 6.59. The summed E-state index contributed by atoms with van der Waals surface area (Å²) in [6, 6.07) is 4.99. The molecule has 0 saturated heterocycles. The van der Waals surface area contributed by atoms with Crippen LogP contribution < -0.4 is 0 Å². The van der Waals surface area contributed by atoms with E-state index in [1.54, 1.807) is 23.3 Å². The van der Waals surface area contributed by atoms with Gasteiger partial charge in [0.15, 0.2) is 0 Å². The molecule has 0 radical (unpaired) electrons. The van der Waals surface area contributed by atoms with Gasteiger partial charge in [0.1, 0.15) is 5.82 Å². The van der Waals surface area contributed by atoms with Crippen LogP contribution in [0.2, 0.25) is 0 Å². The second-order valence-electron chi connectivity index (χ2n) is 5.42. The fraction of sp³-hybridized carbons (Fsp3) is 0.375. The number of hydrogen-bond acceptors (Lipinski definition) is 0. The standard InChI is InChI=1S/C16H18FN/c1-10(12-3-4-12)7-11(2)15-9-18-16-8-13(17)5-6-14(15)16/h5-6,8-9,11,18H,3-4,7H2,1-2H3. The Morgan fingerprint density at radius 3 is 2.89 bits per heavy atom. The highest BCUT2D eigenvalue weighted by Crippen LogP contribution is 2.37. The van der Waals surface area contributed by atoms with Gasteiger partial charge in [0.2, 0.25) is 0 Å². The Hall–Kier alpha value is -1.57. The molecule has 94 valence electrons. The van der Waals surface area contributed by atoms with Crippen molar-refractivity contribution in [3.63, 3.8) is 0 Å². The Labute approximate surface area is 107 Å². The molecular formula is C16H18FN. The first-order valence-corrected chi connectivity index (χ1v) is 6.59. The molecule has 1 atom stereocenters. The highest BCUT2D eigenvalue weighted by molar-refractivity contribution is 5.83. The Bertz CT molecular complexity index is 615. The van der Waals surface area contributed by atoms with Crippen LogP contribution in [-0.2, 0) is 0 Å². The SMILES string of the molecule is CC(CC(C)c1c[nH]c2cc(F)ccc12)=C1CC1. The quantitative estimate of drug-likeness (QED) is 0.737. The van der Waals surface area contributed by atoms with E-state index < -0.39 is 0 Å². The molecule has 0 amide bonds. The molecule has 2 aromatic rings. The van der Waals surface area contributed by atoms with Crippen molar-refractivity contribution in [2.45, 2.75) is 39.0 Å². The van der Waals surface area contributed by atoms with Crippen molar-refractivity contribution in [2.75, 3.05) is 0 Å². The van der Waals surface area contributed by atoms with Gasteiger partial charge in [-0.05, 0) is 55.9 Å². The summed E-state index contributed by atoms with van der Waals surface area (Å²) in [7, 11) is 0. The molecule has 1 aliphatic rings. The number of hydrogen-bond donors (Lipinski definition) is 1. The van der Waals surface area contributed by atoms with Gasteiger partial charge in [0.05, 0.1) is 0 Å². The molecular weight excluding hydrogens is 225 g/mol. The van der Waals surface area contributed by atoms with Crippen LogP contribution >= 0.6 is 0 Å². The summed E-state index contributed by atoms with van der Waals surface area (Å²) in [6.45, 7) is 4.49. The third-order valence-corrected chi connectivity index (χ3v) is 3.92. The zero-order valence-corrected chi connectivity index (χ0v) is 10.9. The summed E-state index contributed by atoms with van der Waals surface area (Å²) in [5, 5.41) is 1.15. The number of aromatic nitrogens is 1. The van der Waals surface area contributed by atoms with Crippen LogP contribution in [0, 0.1) is 5.82 Å². The van der Waals surface area contributed by atoms with Crippen LogP contribution in [-0.4, -0.2) is 4.98 Å². The largest absolute Gasteiger partial charge is 0.361 e. The van der Waals surface area contributed by atoms with Gasteiger partial charge < -0.3 is 4.98 Å². The van der Waals surface area contributed by atoms with Crippen molar-refractivity contribution in [2.24, 2.45) is 0 Å². The van der Waals surface area contributed by atoms with Gasteiger partial charge in [-0.2, -0.15) is 0 Å². The summed E-state index contributed by atoms with van der Waals surface area (Å²) in [5.74, 6) is 0.303. The minimum atomic E-state index is -0.181. The van der Waals surface area contributed by atoms with Crippen LogP contribution in [0.3, 0.4) is 0 Å². The van der Waals surface area contributed by atoms with E-state index in [1.165, 1.54) is 18.4 Å². The van der Waals surface area contributed by atoms with E-state index >= 15 is 0 Å². The van der Waals surface area contributed by atoms with E-state index in [4.69, 9.17) is 0 Å². The average Bonchev–Trinajstić information content (AvgIpc) is 3.09. The number of allylic oxidation sites excluding steroid dienone is 2. The minimum absolute atomic E-state index is 0.181. The molecule has 1 aromatic heterocycles. The molecule has 1 heterocycles. The van der Waals surface area contributed by atoms with Crippen LogP contribution in [0.15, 0.2) is 35.5 Å². The maximum atomic E-state index is 13.1. The summed E-state index contributed by atoms with van der Waals surface area (Å²) in [5.41, 5.74) is 5.37. The zero-order valence-electron chi connectivity index (χ0n) is 10.9. The molecule has 1 aliphatic carbocycles. The lowest BCUT2D eigenvalue weighted by molar-refractivity contribution is 0.629. The first kappa shape index (κ1) is 11.5. The van der Waals surface area contributed by atoms with E-state index in [2.05, 4.69) is 18.8 Å². The van der Waals surface area contributed by atoms with E-state index in [1.807, 2.05) is 12.3 Å². The second kappa shape index (κ2) is 4.27. The summed E-state index contributed by atoms with van der Waals surface area (Å²) in [6.07, 6.45) is 5.72. The van der Waals surface area contributed by atoms with Crippen LogP contribution in [0.5, 0.6) is 0 Å². The topological polar surface area (TPSA) is 15.8 Å². The maximum Gasteiger partial charge on any atom is 0.125 e. The number of benzene rings is 1. The van der Waals surface area contributed by atoms with Crippen LogP contribution in [0.25, 0.3) is 10.9 Å². The van der Waals surface area contributed by atoms with Gasteiger partial charge in [0, 0.05) is 17.1 Å². The van der Waals surface area contributed by atoms with Crippen molar-refractivity contribution >= 4 is 10.9 Å². The third-order valence-electron chi connectivity index (χ3n) is 3.92. The fourth-order valence-corrected chi connectivity index (χ4v) is 2.73. The third kappa shape index (κ3) is 2.07. The molecule has 2 heteroatoms. The highest BCUT2D eigenvalue weighted by atomic mass is 19.1. The summed E-state index contributed by atoms with van der Waals surface area (Å²) in [4.78, 5) is 3.17. The maximum absolute atomic E-state index is 13.1. The predicted octanol–water partition coefficient (Wildman–Crippen LogP) is 4.91. The van der Waals surface area contributed by atoms with Crippen LogP contribution in [0.1, 0.15) is 44.6 Å². The summed E-state index contributed by atoms with van der Waals surface area (Å²) < 4.78 is 13.1. The van der Waals surface area contributed by atoms with Gasteiger partial charge >= 0.3 is 0 Å². The monoisotopic (exact) mass is 243 g/mol. The lowest BCUT2D eigenvalue weighted by Crippen LogP contribution is -1.93. The number of halogens is 1. The fourth-order valence-electron chi connectivity index (χ4n) is 2.73. The van der Waals surface area contributed by atoms with E-state index in [0.717, 1.165) is 17.3 Å². The zero-order chi connectivity index (χ0) is 12.7. The minimum Gasteiger partial charge on any atom is -0.361 e. The van der Waals surface area contributed by atoms with Crippen molar-refractivity contribution in [3.8, 4) is 0 Å². The molecule has 1 unspecified atom stereocenters. The molecule has 1 saturated carbocycles. The Kier molecular flexibility index (Phi) is 2.73. The van der Waals surface area contributed by atoms with Gasteiger partial charge in [-0.3, -0.25) is 0 Å². The number of rotatable bonds is 3. The molecule has 0 aliphatic heterocycles. The van der Waals surface area contributed by atoms with Crippen molar-refractivity contribution in [1.29, 1.82) is 0 Å². The molecule has 0 bridgehead atoms. The molecule has 1 aromatic carbocycles. The van der Waals surface area contributed by atoms with Crippen molar-refractivity contribution in [3.05, 3.63) is 46.9 Å². The highest BCUT2D eigenvalue weighted by Gasteiger charge is 2.18. The van der Waals surface area contributed by atoms with Crippen molar-refractivity contribution in [1.82, 2.24) is 4.98 Å². The second-order valence-corrected chi connectivity index (χ2v) is 5.42. The van der Waals surface area contributed by atoms with Gasteiger partial charge in [0.25, 0.3) is 0 Å². The molecule has 1 N–H and O–H groups in total. The van der Waals surface area contributed by atoms with Gasteiger partial charge in [-0.15, -0.1) is 0 Å². The smallest absolute Gasteiger partial charge is 0.125 e. The Morgan fingerprint density at radius 1 is 1.39 bits per heavy atom. The van der Waals surface area contributed by atoms with Gasteiger partial charge in [-0.1, -0.05) is 18.1 Å². The summed E-state index contributed by atoms with van der Waals surface area (Å²) >= 11 is 0. The molecule has 1 nitrogen and oxygen atoms in total. The molecule has 18 heavy (non-hydrogen) atoms. The lowest BCUT2D eigenvalue weighted by atomic mass is 9.93. The van der Waals surface area contributed by atoms with E-state index in [-0.39, 0.29) is 5.82 Å². The predicted molar refractivity (Wildman–Crippen MR) is 73.2 cm³/mol.